The molecule has 0 amide bonds. The molecule has 0 saturated carbocycles. The molecule has 5 heteroatoms. The molecule has 1 heterocycles. The van der Waals surface area contributed by atoms with E-state index in [1.54, 1.807) is 11.3 Å². The molecule has 23 heavy (non-hydrogen) atoms. The second-order valence-corrected chi connectivity index (χ2v) is 6.54. The van der Waals surface area contributed by atoms with Crippen LogP contribution in [0, 0.1) is 6.92 Å². The normalized spacial score (nSPS) is 13.2. The van der Waals surface area contributed by atoms with Crippen molar-refractivity contribution in [2.75, 3.05) is 11.9 Å². The van der Waals surface area contributed by atoms with E-state index in [4.69, 9.17) is 5.73 Å². The Morgan fingerprint density at radius 3 is 2.83 bits per heavy atom. The highest BCUT2D eigenvalue weighted by atomic mass is 32.1. The minimum atomic E-state index is -0.648. The van der Waals surface area contributed by atoms with Crippen LogP contribution in [-0.2, 0) is 0 Å². The Kier molecular flexibility index (Phi) is 4.60. The van der Waals surface area contributed by atoms with E-state index < -0.39 is 6.10 Å². The SMILES string of the molecule is Cc1cccc(NC(N)=NCC(O)c2cc3ccccc3s2)c1. The van der Waals surface area contributed by atoms with E-state index in [9.17, 15) is 5.11 Å². The molecule has 4 nitrogen and oxygen atoms in total. The number of nitrogens with zero attached hydrogens (tertiary/aromatic N) is 1. The fourth-order valence-electron chi connectivity index (χ4n) is 2.35. The first-order chi connectivity index (χ1) is 11.1. The number of nitrogens with two attached hydrogens (primary N) is 1. The number of aliphatic imine (C=N–C) groups is 1. The maximum atomic E-state index is 10.3. The van der Waals surface area contributed by atoms with Crippen molar-refractivity contribution < 1.29 is 5.11 Å². The Morgan fingerprint density at radius 2 is 2.04 bits per heavy atom. The van der Waals surface area contributed by atoms with Crippen LogP contribution >= 0.6 is 11.3 Å². The highest BCUT2D eigenvalue weighted by Crippen LogP contribution is 2.29. The van der Waals surface area contributed by atoms with Gasteiger partial charge in [-0.1, -0.05) is 30.3 Å². The average molecular weight is 325 g/mol. The third-order valence-corrected chi connectivity index (χ3v) is 4.72. The zero-order valence-electron chi connectivity index (χ0n) is 12.9. The summed E-state index contributed by atoms with van der Waals surface area (Å²) in [6.45, 7) is 2.25. The van der Waals surface area contributed by atoms with Gasteiger partial charge in [0.15, 0.2) is 5.96 Å². The Hall–Kier alpha value is -2.37. The second-order valence-electron chi connectivity index (χ2n) is 5.42. The first-order valence-electron chi connectivity index (χ1n) is 7.42. The van der Waals surface area contributed by atoms with E-state index >= 15 is 0 Å². The van der Waals surface area contributed by atoms with Crippen LogP contribution in [0.5, 0.6) is 0 Å². The largest absolute Gasteiger partial charge is 0.386 e. The average Bonchev–Trinajstić information content (AvgIpc) is 2.97. The van der Waals surface area contributed by atoms with E-state index in [1.807, 2.05) is 61.5 Å². The zero-order valence-corrected chi connectivity index (χ0v) is 13.7. The summed E-state index contributed by atoms with van der Waals surface area (Å²) in [5.74, 6) is 0.302. The van der Waals surface area contributed by atoms with Gasteiger partial charge < -0.3 is 16.2 Å². The summed E-state index contributed by atoms with van der Waals surface area (Å²) >= 11 is 1.58. The predicted octanol–water partition coefficient (Wildman–Crippen LogP) is 3.67. The Balaban J connectivity index is 1.66. The molecule has 0 radical (unpaired) electrons. The fourth-order valence-corrected chi connectivity index (χ4v) is 3.39. The van der Waals surface area contributed by atoms with Crippen molar-refractivity contribution in [3.8, 4) is 0 Å². The number of fused-ring (bicyclic) bond motifs is 1. The smallest absolute Gasteiger partial charge is 0.193 e. The molecule has 0 fully saturated rings. The molecule has 0 spiro atoms. The fraction of sp³-hybridized carbons (Fsp3) is 0.167. The first-order valence-corrected chi connectivity index (χ1v) is 8.23. The number of rotatable bonds is 4. The maximum absolute atomic E-state index is 10.3. The summed E-state index contributed by atoms with van der Waals surface area (Å²) in [6, 6.07) is 18.0. The molecule has 118 valence electrons. The number of aliphatic hydroxyl groups excluding tert-OH is 1. The number of aryl methyl sites for hydroxylation is 1. The third-order valence-electron chi connectivity index (χ3n) is 3.50. The second kappa shape index (κ2) is 6.81. The van der Waals surface area contributed by atoms with Gasteiger partial charge in [-0.15, -0.1) is 11.3 Å². The number of hydrogen-bond acceptors (Lipinski definition) is 3. The van der Waals surface area contributed by atoms with Crippen LogP contribution in [0.15, 0.2) is 59.6 Å². The first kappa shape index (κ1) is 15.5. The summed E-state index contributed by atoms with van der Waals surface area (Å²) in [4.78, 5) is 5.14. The number of hydrogen-bond donors (Lipinski definition) is 3. The van der Waals surface area contributed by atoms with Gasteiger partial charge in [-0.25, -0.2) is 0 Å². The zero-order chi connectivity index (χ0) is 16.2. The lowest BCUT2D eigenvalue weighted by Crippen LogP contribution is -2.23. The molecule has 1 atom stereocenters. The van der Waals surface area contributed by atoms with Crippen LogP contribution in [0.25, 0.3) is 10.1 Å². The summed E-state index contributed by atoms with van der Waals surface area (Å²) < 4.78 is 1.16. The van der Waals surface area contributed by atoms with E-state index in [1.165, 1.54) is 0 Å². The molecule has 0 aliphatic rings. The molecule has 3 rings (SSSR count). The number of anilines is 1. The lowest BCUT2D eigenvalue weighted by Gasteiger charge is -2.08. The van der Waals surface area contributed by atoms with Crippen molar-refractivity contribution in [3.63, 3.8) is 0 Å². The van der Waals surface area contributed by atoms with Gasteiger partial charge in [0.25, 0.3) is 0 Å². The molecule has 0 saturated heterocycles. The molecule has 1 aromatic heterocycles. The molecule has 3 aromatic rings. The number of aliphatic hydroxyl groups is 1. The van der Waals surface area contributed by atoms with E-state index in [2.05, 4.69) is 10.3 Å². The topological polar surface area (TPSA) is 70.6 Å². The van der Waals surface area contributed by atoms with Gasteiger partial charge in [-0.3, -0.25) is 4.99 Å². The molecule has 2 aromatic carbocycles. The van der Waals surface area contributed by atoms with Crippen LogP contribution in [0.4, 0.5) is 5.69 Å². The van der Waals surface area contributed by atoms with Crippen molar-refractivity contribution >= 4 is 33.1 Å². The van der Waals surface area contributed by atoms with Gasteiger partial charge in [0.1, 0.15) is 6.10 Å². The number of nitrogens with one attached hydrogen (secondary N) is 1. The lowest BCUT2D eigenvalue weighted by molar-refractivity contribution is 0.191. The summed E-state index contributed by atoms with van der Waals surface area (Å²) in [5, 5.41) is 14.5. The molecule has 0 aliphatic carbocycles. The third kappa shape index (κ3) is 3.88. The Morgan fingerprint density at radius 1 is 1.22 bits per heavy atom. The number of benzene rings is 2. The lowest BCUT2D eigenvalue weighted by atomic mass is 10.2. The minimum Gasteiger partial charge on any atom is -0.386 e. The molecule has 4 N–H and O–H groups in total. The quantitative estimate of drug-likeness (QED) is 0.506. The van der Waals surface area contributed by atoms with Crippen molar-refractivity contribution in [2.24, 2.45) is 10.7 Å². The minimum absolute atomic E-state index is 0.234. The summed E-state index contributed by atoms with van der Waals surface area (Å²) in [5.41, 5.74) is 7.93. The highest BCUT2D eigenvalue weighted by molar-refractivity contribution is 7.19. The van der Waals surface area contributed by atoms with Gasteiger partial charge in [-0.05, 0) is 42.1 Å². The standard InChI is InChI=1S/C18H19N3OS/c1-12-5-4-7-14(9-12)21-18(19)20-11-15(22)17-10-13-6-2-3-8-16(13)23-17/h2-10,15,22H,11H2,1H3,(H3,19,20,21). The van der Waals surface area contributed by atoms with Crippen molar-refractivity contribution in [3.05, 3.63) is 65.0 Å². The number of thiophene rings is 1. The Bertz CT molecular complexity index is 808. The molecule has 0 aliphatic heterocycles. The summed E-state index contributed by atoms with van der Waals surface area (Å²) in [6.07, 6.45) is -0.648. The van der Waals surface area contributed by atoms with Crippen LogP contribution in [0.3, 0.4) is 0 Å². The monoisotopic (exact) mass is 325 g/mol. The van der Waals surface area contributed by atoms with Gasteiger partial charge in [0.05, 0.1) is 6.54 Å². The molecule has 0 bridgehead atoms. The van der Waals surface area contributed by atoms with Crippen LogP contribution in [0.1, 0.15) is 16.5 Å². The van der Waals surface area contributed by atoms with Gasteiger partial charge in [0.2, 0.25) is 0 Å². The molecular weight excluding hydrogens is 306 g/mol. The molecule has 1 unspecified atom stereocenters. The van der Waals surface area contributed by atoms with Crippen molar-refractivity contribution in [1.29, 1.82) is 0 Å². The van der Waals surface area contributed by atoms with E-state index in [0.717, 1.165) is 26.2 Å². The summed E-state index contributed by atoms with van der Waals surface area (Å²) in [7, 11) is 0. The van der Waals surface area contributed by atoms with Gasteiger partial charge in [0, 0.05) is 15.3 Å². The molecular formula is C18H19N3OS. The van der Waals surface area contributed by atoms with Crippen LogP contribution < -0.4 is 11.1 Å². The van der Waals surface area contributed by atoms with Crippen LogP contribution in [-0.4, -0.2) is 17.6 Å². The van der Waals surface area contributed by atoms with E-state index in [-0.39, 0.29) is 6.54 Å². The van der Waals surface area contributed by atoms with Gasteiger partial charge in [-0.2, -0.15) is 0 Å². The predicted molar refractivity (Wildman–Crippen MR) is 98.1 cm³/mol. The van der Waals surface area contributed by atoms with Gasteiger partial charge >= 0.3 is 0 Å². The van der Waals surface area contributed by atoms with E-state index in [0.29, 0.717) is 5.96 Å². The van der Waals surface area contributed by atoms with Crippen molar-refractivity contribution in [1.82, 2.24) is 0 Å². The van der Waals surface area contributed by atoms with Crippen LogP contribution in [0.2, 0.25) is 0 Å². The Labute approximate surface area is 139 Å². The van der Waals surface area contributed by atoms with Crippen molar-refractivity contribution in [2.45, 2.75) is 13.0 Å². The highest BCUT2D eigenvalue weighted by Gasteiger charge is 2.11. The number of guanidine groups is 1. The maximum Gasteiger partial charge on any atom is 0.193 e.